The number of pyridine rings is 1. The van der Waals surface area contributed by atoms with Gasteiger partial charge in [0.1, 0.15) is 17.2 Å². The fourth-order valence-corrected chi connectivity index (χ4v) is 2.48. The zero-order chi connectivity index (χ0) is 17.6. The topological polar surface area (TPSA) is 57.0 Å². The summed E-state index contributed by atoms with van der Waals surface area (Å²) in [4.78, 5) is 16.5. The minimum Gasteiger partial charge on any atom is -0.461 e. The van der Waals surface area contributed by atoms with Crippen LogP contribution in [0.15, 0.2) is 54.7 Å². The number of halogens is 1. The Morgan fingerprint density at radius 2 is 1.96 bits per heavy atom. The molecule has 0 spiro atoms. The number of aromatic nitrogens is 3. The Kier molecular flexibility index (Phi) is 5.18. The smallest absolute Gasteiger partial charge is 0.356 e. The van der Waals surface area contributed by atoms with Crippen molar-refractivity contribution in [1.82, 2.24) is 14.8 Å². The summed E-state index contributed by atoms with van der Waals surface area (Å²) in [5.41, 5.74) is 2.65. The number of carbonyl (C=O) groups excluding carboxylic acids is 1. The molecule has 0 saturated carbocycles. The second-order valence-corrected chi connectivity index (χ2v) is 5.45. The maximum Gasteiger partial charge on any atom is 0.356 e. The summed E-state index contributed by atoms with van der Waals surface area (Å²) in [5, 5.41) is 4.50. The van der Waals surface area contributed by atoms with Crippen LogP contribution in [0.2, 0.25) is 0 Å². The van der Waals surface area contributed by atoms with E-state index in [-0.39, 0.29) is 5.82 Å². The normalized spacial score (nSPS) is 10.6. The average molecular weight is 339 g/mol. The van der Waals surface area contributed by atoms with Gasteiger partial charge in [-0.15, -0.1) is 0 Å². The van der Waals surface area contributed by atoms with Gasteiger partial charge >= 0.3 is 5.97 Å². The molecule has 1 aromatic carbocycles. The SMILES string of the molecule is CCOC(=O)c1cc(-c2ccccn2)nn1CCc1ccc(F)cc1. The zero-order valence-corrected chi connectivity index (χ0v) is 13.9. The Morgan fingerprint density at radius 1 is 1.16 bits per heavy atom. The number of aryl methyl sites for hydroxylation is 2. The number of rotatable bonds is 6. The molecule has 5 nitrogen and oxygen atoms in total. The quantitative estimate of drug-likeness (QED) is 0.645. The predicted molar refractivity (Wildman–Crippen MR) is 91.5 cm³/mol. The van der Waals surface area contributed by atoms with Gasteiger partial charge < -0.3 is 4.74 Å². The molecule has 0 aliphatic rings. The van der Waals surface area contributed by atoms with Crippen molar-refractivity contribution < 1.29 is 13.9 Å². The van der Waals surface area contributed by atoms with Crippen molar-refractivity contribution in [2.24, 2.45) is 0 Å². The van der Waals surface area contributed by atoms with Gasteiger partial charge in [-0.25, -0.2) is 9.18 Å². The van der Waals surface area contributed by atoms with Crippen molar-refractivity contribution in [2.45, 2.75) is 19.9 Å². The third kappa shape index (κ3) is 4.09. The minimum absolute atomic E-state index is 0.271. The summed E-state index contributed by atoms with van der Waals surface area (Å²) >= 11 is 0. The lowest BCUT2D eigenvalue weighted by Crippen LogP contribution is -2.14. The lowest BCUT2D eigenvalue weighted by Gasteiger charge is -2.07. The van der Waals surface area contributed by atoms with Crippen molar-refractivity contribution in [3.05, 3.63) is 71.8 Å². The number of hydrogen-bond acceptors (Lipinski definition) is 4. The number of nitrogens with zero attached hydrogens (tertiary/aromatic N) is 3. The molecule has 25 heavy (non-hydrogen) atoms. The van der Waals surface area contributed by atoms with E-state index < -0.39 is 5.97 Å². The van der Waals surface area contributed by atoms with Gasteiger partial charge in [0, 0.05) is 18.8 Å². The van der Waals surface area contributed by atoms with Crippen molar-refractivity contribution in [1.29, 1.82) is 0 Å². The van der Waals surface area contributed by atoms with E-state index in [1.165, 1.54) is 12.1 Å². The molecule has 0 aliphatic carbocycles. The standard InChI is InChI=1S/C19H18FN3O2/c1-2-25-19(24)18-13-17(16-5-3-4-11-21-16)22-23(18)12-10-14-6-8-15(20)9-7-14/h3-9,11,13H,2,10,12H2,1H3. The van der Waals surface area contributed by atoms with Gasteiger partial charge in [0.15, 0.2) is 0 Å². The molecule has 6 heteroatoms. The second kappa shape index (κ2) is 7.70. The Balaban J connectivity index is 1.86. The second-order valence-electron chi connectivity index (χ2n) is 5.45. The highest BCUT2D eigenvalue weighted by Crippen LogP contribution is 2.18. The monoisotopic (exact) mass is 339 g/mol. The van der Waals surface area contributed by atoms with E-state index in [1.54, 1.807) is 36.0 Å². The Bertz CT molecular complexity index is 845. The minimum atomic E-state index is -0.420. The van der Waals surface area contributed by atoms with Gasteiger partial charge in [-0.1, -0.05) is 18.2 Å². The zero-order valence-electron chi connectivity index (χ0n) is 13.9. The van der Waals surface area contributed by atoms with Gasteiger partial charge in [-0.05, 0) is 43.2 Å². The van der Waals surface area contributed by atoms with Gasteiger partial charge in [-0.2, -0.15) is 5.10 Å². The first-order valence-corrected chi connectivity index (χ1v) is 8.08. The molecule has 0 saturated heterocycles. The summed E-state index contributed by atoms with van der Waals surface area (Å²) < 4.78 is 19.7. The van der Waals surface area contributed by atoms with Crippen molar-refractivity contribution in [3.63, 3.8) is 0 Å². The Morgan fingerprint density at radius 3 is 2.64 bits per heavy atom. The van der Waals surface area contributed by atoms with Crippen LogP contribution >= 0.6 is 0 Å². The summed E-state index contributed by atoms with van der Waals surface area (Å²) in [6.45, 7) is 2.53. The average Bonchev–Trinajstić information content (AvgIpc) is 3.07. The van der Waals surface area contributed by atoms with Crippen molar-refractivity contribution in [3.8, 4) is 11.4 Å². The van der Waals surface area contributed by atoms with Crippen LogP contribution in [0.4, 0.5) is 4.39 Å². The first-order chi connectivity index (χ1) is 12.2. The third-order valence-electron chi connectivity index (χ3n) is 3.72. The summed E-state index contributed by atoms with van der Waals surface area (Å²) in [5.74, 6) is -0.691. The highest BCUT2D eigenvalue weighted by atomic mass is 19.1. The van der Waals surface area contributed by atoms with E-state index in [9.17, 15) is 9.18 Å². The van der Waals surface area contributed by atoms with Crippen molar-refractivity contribution >= 4 is 5.97 Å². The molecule has 0 amide bonds. The fourth-order valence-electron chi connectivity index (χ4n) is 2.48. The summed E-state index contributed by atoms with van der Waals surface area (Å²) in [6.07, 6.45) is 2.30. The van der Waals surface area contributed by atoms with E-state index in [4.69, 9.17) is 4.74 Å². The molecule has 3 rings (SSSR count). The number of hydrogen-bond donors (Lipinski definition) is 0. The Hall–Kier alpha value is -3.02. The van der Waals surface area contributed by atoms with Crippen molar-refractivity contribution in [2.75, 3.05) is 6.61 Å². The molecule has 0 bridgehead atoms. The molecular formula is C19H18FN3O2. The number of carbonyl (C=O) groups is 1. The molecule has 2 heterocycles. The van der Waals surface area contributed by atoms with E-state index in [2.05, 4.69) is 10.1 Å². The maximum atomic E-state index is 13.0. The molecule has 3 aromatic rings. The van der Waals surface area contributed by atoms with Gasteiger partial charge in [0.2, 0.25) is 0 Å². The van der Waals surface area contributed by atoms with Gasteiger partial charge in [0.05, 0.1) is 12.3 Å². The molecule has 0 aliphatic heterocycles. The highest BCUT2D eigenvalue weighted by molar-refractivity contribution is 5.88. The maximum absolute atomic E-state index is 13.0. The first-order valence-electron chi connectivity index (χ1n) is 8.08. The van der Waals surface area contributed by atoms with Gasteiger partial charge in [0.25, 0.3) is 0 Å². The summed E-state index contributed by atoms with van der Waals surface area (Å²) in [7, 11) is 0. The van der Waals surface area contributed by atoms with Crippen LogP contribution in [0.25, 0.3) is 11.4 Å². The van der Waals surface area contributed by atoms with E-state index >= 15 is 0 Å². The van der Waals surface area contributed by atoms with Crippen LogP contribution < -0.4 is 0 Å². The van der Waals surface area contributed by atoms with E-state index in [0.29, 0.717) is 36.7 Å². The number of benzene rings is 1. The first kappa shape index (κ1) is 16.8. The molecule has 0 atom stereocenters. The van der Waals surface area contributed by atoms with Gasteiger partial charge in [-0.3, -0.25) is 9.67 Å². The van der Waals surface area contributed by atoms with Crippen LogP contribution in [0, 0.1) is 5.82 Å². The highest BCUT2D eigenvalue weighted by Gasteiger charge is 2.17. The van der Waals surface area contributed by atoms with Crippen LogP contribution in [0.3, 0.4) is 0 Å². The lowest BCUT2D eigenvalue weighted by molar-refractivity contribution is 0.0511. The largest absolute Gasteiger partial charge is 0.461 e. The molecule has 0 fully saturated rings. The predicted octanol–water partition coefficient (Wildman–Crippen LogP) is 3.50. The molecule has 2 aromatic heterocycles. The van der Waals surface area contributed by atoms with Crippen LogP contribution in [0.1, 0.15) is 23.0 Å². The fraction of sp³-hybridized carbons (Fsp3) is 0.211. The van der Waals surface area contributed by atoms with Crippen LogP contribution in [-0.2, 0) is 17.7 Å². The van der Waals surface area contributed by atoms with Crippen LogP contribution in [0.5, 0.6) is 0 Å². The van der Waals surface area contributed by atoms with Crippen LogP contribution in [-0.4, -0.2) is 27.3 Å². The number of ether oxygens (including phenoxy) is 1. The molecule has 128 valence electrons. The molecule has 0 unspecified atom stereocenters. The molecule has 0 radical (unpaired) electrons. The number of esters is 1. The molecule has 0 N–H and O–H groups in total. The summed E-state index contributed by atoms with van der Waals surface area (Å²) in [6, 6.07) is 13.5. The molecular weight excluding hydrogens is 321 g/mol. The third-order valence-corrected chi connectivity index (χ3v) is 3.72. The lowest BCUT2D eigenvalue weighted by atomic mass is 10.1. The Labute approximate surface area is 145 Å². The van der Waals surface area contributed by atoms with E-state index in [1.807, 2.05) is 18.2 Å². The van der Waals surface area contributed by atoms with E-state index in [0.717, 1.165) is 5.56 Å².